The fourth-order valence-electron chi connectivity index (χ4n) is 2.28. The summed E-state index contributed by atoms with van der Waals surface area (Å²) >= 11 is 0. The quantitative estimate of drug-likeness (QED) is 0.852. The minimum absolute atomic E-state index is 0.691. The summed E-state index contributed by atoms with van der Waals surface area (Å²) in [5.41, 5.74) is 3.71. The van der Waals surface area contributed by atoms with Crippen LogP contribution in [0.5, 0.6) is 0 Å². The number of aromatic nitrogens is 2. The molecule has 0 saturated heterocycles. The highest BCUT2D eigenvalue weighted by atomic mass is 15.1. The van der Waals surface area contributed by atoms with E-state index in [0.29, 0.717) is 6.04 Å². The maximum atomic E-state index is 4.72. The summed E-state index contributed by atoms with van der Waals surface area (Å²) in [5.74, 6) is 1.17. The largest absolute Gasteiger partial charge is 0.324 e. The van der Waals surface area contributed by atoms with Crippen molar-refractivity contribution in [1.29, 1.82) is 0 Å². The Bertz CT molecular complexity index is 523. The fourth-order valence-corrected chi connectivity index (χ4v) is 2.28. The summed E-state index contributed by atoms with van der Waals surface area (Å²) in [6.07, 6.45) is 2.60. The van der Waals surface area contributed by atoms with Crippen molar-refractivity contribution in [2.45, 2.75) is 32.4 Å². The highest BCUT2D eigenvalue weighted by Gasteiger charge is 2.27. The van der Waals surface area contributed by atoms with Gasteiger partial charge in [-0.2, -0.15) is 0 Å². The molecule has 3 heteroatoms. The molecule has 0 radical (unpaired) electrons. The van der Waals surface area contributed by atoms with Gasteiger partial charge in [-0.05, 0) is 44.5 Å². The van der Waals surface area contributed by atoms with E-state index in [1.165, 1.54) is 29.7 Å². The van der Waals surface area contributed by atoms with Crippen molar-refractivity contribution >= 4 is 11.0 Å². The van der Waals surface area contributed by atoms with Crippen molar-refractivity contribution in [1.82, 2.24) is 14.9 Å². The van der Waals surface area contributed by atoms with Crippen LogP contribution in [0.3, 0.4) is 0 Å². The van der Waals surface area contributed by atoms with E-state index in [4.69, 9.17) is 4.98 Å². The summed E-state index contributed by atoms with van der Waals surface area (Å²) in [4.78, 5) is 4.72. The summed E-state index contributed by atoms with van der Waals surface area (Å²) in [7, 11) is 1.97. The zero-order valence-corrected chi connectivity index (χ0v) is 9.83. The van der Waals surface area contributed by atoms with E-state index in [0.717, 1.165) is 12.1 Å². The molecule has 1 aliphatic rings. The molecule has 0 spiro atoms. The zero-order chi connectivity index (χ0) is 11.1. The summed E-state index contributed by atoms with van der Waals surface area (Å²) in [6, 6.07) is 7.24. The van der Waals surface area contributed by atoms with Gasteiger partial charge < -0.3 is 9.88 Å². The Kier molecular flexibility index (Phi) is 2.21. The topological polar surface area (TPSA) is 29.9 Å². The molecule has 1 aliphatic carbocycles. The standard InChI is InChI=1S/C13H17N3/c1-9-3-6-12-11(7-9)15-13(8-14-2)16(12)10-4-5-10/h3,6-7,10,14H,4-5,8H2,1-2H3. The van der Waals surface area contributed by atoms with Crippen LogP contribution in [-0.4, -0.2) is 16.6 Å². The molecule has 1 N–H and O–H groups in total. The van der Waals surface area contributed by atoms with Crippen LogP contribution in [0.2, 0.25) is 0 Å². The average molecular weight is 215 g/mol. The van der Waals surface area contributed by atoms with Gasteiger partial charge in [-0.3, -0.25) is 0 Å². The third-order valence-corrected chi connectivity index (χ3v) is 3.16. The second kappa shape index (κ2) is 3.59. The first-order chi connectivity index (χ1) is 7.79. The molecular weight excluding hydrogens is 198 g/mol. The summed E-state index contributed by atoms with van der Waals surface area (Å²) < 4.78 is 2.41. The van der Waals surface area contributed by atoms with Crippen molar-refractivity contribution in [3.05, 3.63) is 29.6 Å². The highest BCUT2D eigenvalue weighted by Crippen LogP contribution is 2.38. The van der Waals surface area contributed by atoms with Gasteiger partial charge in [-0.15, -0.1) is 0 Å². The first-order valence-electron chi connectivity index (χ1n) is 5.91. The number of nitrogens with one attached hydrogen (secondary N) is 1. The van der Waals surface area contributed by atoms with Crippen LogP contribution in [0, 0.1) is 6.92 Å². The van der Waals surface area contributed by atoms with E-state index < -0.39 is 0 Å². The second-order valence-corrected chi connectivity index (χ2v) is 4.65. The predicted octanol–water partition coefficient (Wildman–Crippen LogP) is 2.40. The van der Waals surface area contributed by atoms with Gasteiger partial charge in [-0.25, -0.2) is 4.98 Å². The van der Waals surface area contributed by atoms with Gasteiger partial charge in [0.05, 0.1) is 17.6 Å². The Balaban J connectivity index is 2.20. The molecule has 16 heavy (non-hydrogen) atoms. The van der Waals surface area contributed by atoms with Gasteiger partial charge in [0.2, 0.25) is 0 Å². The molecule has 1 aromatic carbocycles. The van der Waals surface area contributed by atoms with Gasteiger partial charge in [-0.1, -0.05) is 6.07 Å². The van der Waals surface area contributed by atoms with E-state index >= 15 is 0 Å². The molecule has 0 unspecified atom stereocenters. The number of rotatable bonds is 3. The highest BCUT2D eigenvalue weighted by molar-refractivity contribution is 5.77. The number of hydrogen-bond acceptors (Lipinski definition) is 2. The van der Waals surface area contributed by atoms with Crippen molar-refractivity contribution in [2.75, 3.05) is 7.05 Å². The van der Waals surface area contributed by atoms with Gasteiger partial charge in [0.25, 0.3) is 0 Å². The van der Waals surface area contributed by atoms with Gasteiger partial charge in [0.15, 0.2) is 0 Å². The van der Waals surface area contributed by atoms with E-state index in [1.807, 2.05) is 7.05 Å². The maximum absolute atomic E-state index is 4.72. The molecule has 3 nitrogen and oxygen atoms in total. The monoisotopic (exact) mass is 215 g/mol. The SMILES string of the molecule is CNCc1nc2cc(C)ccc2n1C1CC1. The molecule has 1 fully saturated rings. The number of aryl methyl sites for hydroxylation is 1. The van der Waals surface area contributed by atoms with Crippen molar-refractivity contribution in [3.63, 3.8) is 0 Å². The first kappa shape index (κ1) is 9.85. The molecular formula is C13H17N3. The molecule has 3 rings (SSSR count). The Morgan fingerprint density at radius 2 is 2.25 bits per heavy atom. The smallest absolute Gasteiger partial charge is 0.124 e. The Morgan fingerprint density at radius 1 is 1.44 bits per heavy atom. The van der Waals surface area contributed by atoms with Gasteiger partial charge in [0.1, 0.15) is 5.82 Å². The molecule has 0 bridgehead atoms. The maximum Gasteiger partial charge on any atom is 0.124 e. The van der Waals surface area contributed by atoms with Crippen LogP contribution in [-0.2, 0) is 6.54 Å². The van der Waals surface area contributed by atoms with Gasteiger partial charge in [0, 0.05) is 6.04 Å². The van der Waals surface area contributed by atoms with Crippen molar-refractivity contribution < 1.29 is 0 Å². The lowest BCUT2D eigenvalue weighted by molar-refractivity contribution is 0.659. The van der Waals surface area contributed by atoms with Crippen LogP contribution in [0.4, 0.5) is 0 Å². The normalized spacial score (nSPS) is 15.9. The molecule has 1 saturated carbocycles. The fraction of sp³-hybridized carbons (Fsp3) is 0.462. The molecule has 0 aliphatic heterocycles. The van der Waals surface area contributed by atoms with Crippen LogP contribution < -0.4 is 5.32 Å². The van der Waals surface area contributed by atoms with E-state index in [9.17, 15) is 0 Å². The lowest BCUT2D eigenvalue weighted by Gasteiger charge is -2.06. The number of fused-ring (bicyclic) bond motifs is 1. The Labute approximate surface area is 95.5 Å². The molecule has 0 atom stereocenters. The number of benzene rings is 1. The average Bonchev–Trinajstić information content (AvgIpc) is 3.02. The minimum atomic E-state index is 0.691. The first-order valence-corrected chi connectivity index (χ1v) is 5.91. The Morgan fingerprint density at radius 3 is 2.94 bits per heavy atom. The van der Waals surface area contributed by atoms with E-state index in [1.54, 1.807) is 0 Å². The van der Waals surface area contributed by atoms with Gasteiger partial charge >= 0.3 is 0 Å². The van der Waals surface area contributed by atoms with Crippen LogP contribution in [0.25, 0.3) is 11.0 Å². The molecule has 84 valence electrons. The molecule has 1 heterocycles. The van der Waals surface area contributed by atoms with E-state index in [2.05, 4.69) is 35.0 Å². The third kappa shape index (κ3) is 1.52. The zero-order valence-electron chi connectivity index (χ0n) is 9.83. The molecule has 1 aromatic heterocycles. The molecule has 0 amide bonds. The summed E-state index contributed by atoms with van der Waals surface area (Å²) in [6.45, 7) is 2.97. The number of imidazole rings is 1. The number of hydrogen-bond donors (Lipinski definition) is 1. The van der Waals surface area contributed by atoms with E-state index in [-0.39, 0.29) is 0 Å². The minimum Gasteiger partial charge on any atom is -0.324 e. The summed E-state index contributed by atoms with van der Waals surface area (Å²) in [5, 5.41) is 3.20. The van der Waals surface area contributed by atoms with Crippen LogP contribution in [0.1, 0.15) is 30.3 Å². The molecule has 2 aromatic rings. The van der Waals surface area contributed by atoms with Crippen LogP contribution in [0.15, 0.2) is 18.2 Å². The van der Waals surface area contributed by atoms with Crippen molar-refractivity contribution in [3.8, 4) is 0 Å². The second-order valence-electron chi connectivity index (χ2n) is 4.65. The van der Waals surface area contributed by atoms with Crippen LogP contribution >= 0.6 is 0 Å². The Hall–Kier alpha value is -1.35. The lowest BCUT2D eigenvalue weighted by atomic mass is 10.2. The number of nitrogens with zero attached hydrogens (tertiary/aromatic N) is 2. The predicted molar refractivity (Wildman–Crippen MR) is 65.5 cm³/mol. The van der Waals surface area contributed by atoms with Crippen molar-refractivity contribution in [2.24, 2.45) is 0 Å². The lowest BCUT2D eigenvalue weighted by Crippen LogP contribution is -2.11. The third-order valence-electron chi connectivity index (χ3n) is 3.16.